The first-order valence-corrected chi connectivity index (χ1v) is 4.84. The van der Waals surface area contributed by atoms with Crippen molar-refractivity contribution in [2.45, 2.75) is 19.9 Å². The molecule has 0 aliphatic heterocycles. The lowest BCUT2D eigenvalue weighted by molar-refractivity contribution is -0.145. The van der Waals surface area contributed by atoms with Crippen molar-refractivity contribution in [2.75, 3.05) is 20.2 Å². The van der Waals surface area contributed by atoms with E-state index in [1.165, 1.54) is 4.90 Å². The van der Waals surface area contributed by atoms with E-state index in [9.17, 15) is 14.4 Å². The summed E-state index contributed by atoms with van der Waals surface area (Å²) in [5.41, 5.74) is 4.80. The predicted molar refractivity (Wildman–Crippen MR) is 56.5 cm³/mol. The van der Waals surface area contributed by atoms with Crippen LogP contribution in [-0.2, 0) is 14.3 Å². The fourth-order valence-corrected chi connectivity index (χ4v) is 0.973. The van der Waals surface area contributed by atoms with Gasteiger partial charge in [-0.05, 0) is 20.9 Å². The maximum absolute atomic E-state index is 11.3. The van der Waals surface area contributed by atoms with Crippen LogP contribution in [0.2, 0.25) is 0 Å². The Morgan fingerprint density at radius 1 is 1.44 bits per heavy atom. The fourth-order valence-electron chi connectivity index (χ4n) is 0.973. The number of carbonyl (C=O) groups excluding carboxylic acids is 3. The molecule has 0 rings (SSSR count). The lowest BCUT2D eigenvalue weighted by Crippen LogP contribution is -2.48. The second-order valence-corrected chi connectivity index (χ2v) is 3.25. The zero-order valence-electron chi connectivity index (χ0n) is 9.65. The van der Waals surface area contributed by atoms with Crippen molar-refractivity contribution in [3.63, 3.8) is 0 Å². The highest BCUT2D eigenvalue weighted by Crippen LogP contribution is 1.96. The molecule has 3 amide bonds. The lowest BCUT2D eigenvalue weighted by Gasteiger charge is -2.21. The quantitative estimate of drug-likeness (QED) is 0.595. The molecule has 0 radical (unpaired) electrons. The molecule has 0 bridgehead atoms. The number of hydrogen-bond donors (Lipinski definition) is 2. The fraction of sp³-hybridized carbons (Fsp3) is 0.667. The highest BCUT2D eigenvalue weighted by Gasteiger charge is 2.21. The first-order chi connectivity index (χ1) is 7.38. The van der Waals surface area contributed by atoms with Crippen LogP contribution in [-0.4, -0.2) is 49.0 Å². The topological polar surface area (TPSA) is 102 Å². The number of ether oxygens (including phenoxy) is 1. The van der Waals surface area contributed by atoms with Gasteiger partial charge >= 0.3 is 12.0 Å². The second-order valence-electron chi connectivity index (χ2n) is 3.25. The van der Waals surface area contributed by atoms with Gasteiger partial charge in [-0.3, -0.25) is 19.8 Å². The van der Waals surface area contributed by atoms with E-state index in [0.29, 0.717) is 0 Å². The molecule has 0 aliphatic carbocycles. The number of imide groups is 1. The Morgan fingerprint density at radius 3 is 2.44 bits per heavy atom. The Kier molecular flexibility index (Phi) is 6.09. The van der Waals surface area contributed by atoms with Gasteiger partial charge in [0, 0.05) is 0 Å². The molecule has 0 aliphatic rings. The number of primary amides is 1. The van der Waals surface area contributed by atoms with Gasteiger partial charge in [-0.25, -0.2) is 4.79 Å². The third-order valence-electron chi connectivity index (χ3n) is 1.97. The summed E-state index contributed by atoms with van der Waals surface area (Å²) in [5, 5.41) is 1.93. The van der Waals surface area contributed by atoms with Crippen molar-refractivity contribution >= 4 is 17.9 Å². The Bertz CT molecular complexity index is 280. The van der Waals surface area contributed by atoms with Crippen molar-refractivity contribution < 1.29 is 19.1 Å². The SMILES string of the molecule is CCOC(=O)CN(C)C(C)C(=O)NC(N)=O. The monoisotopic (exact) mass is 231 g/mol. The molecular formula is C9H17N3O4. The maximum atomic E-state index is 11.3. The Balaban J connectivity index is 4.16. The van der Waals surface area contributed by atoms with Crippen molar-refractivity contribution in [1.29, 1.82) is 0 Å². The molecule has 0 aromatic heterocycles. The minimum Gasteiger partial charge on any atom is -0.465 e. The molecule has 0 saturated heterocycles. The number of likely N-dealkylation sites (N-methyl/N-ethyl adjacent to an activating group) is 1. The van der Waals surface area contributed by atoms with Crippen LogP contribution in [0.15, 0.2) is 0 Å². The Hall–Kier alpha value is -1.63. The average molecular weight is 231 g/mol. The van der Waals surface area contributed by atoms with Crippen molar-refractivity contribution in [3.8, 4) is 0 Å². The smallest absolute Gasteiger partial charge is 0.320 e. The van der Waals surface area contributed by atoms with Gasteiger partial charge in [-0.1, -0.05) is 0 Å². The standard InChI is InChI=1S/C9H17N3O4/c1-4-16-7(13)5-12(3)6(2)8(14)11-9(10)15/h6H,4-5H2,1-3H3,(H3,10,11,14,15). The van der Waals surface area contributed by atoms with Gasteiger partial charge < -0.3 is 10.5 Å². The van der Waals surface area contributed by atoms with Gasteiger partial charge in [0.15, 0.2) is 0 Å². The van der Waals surface area contributed by atoms with E-state index in [1.807, 2.05) is 5.32 Å². The van der Waals surface area contributed by atoms with Crippen LogP contribution < -0.4 is 11.1 Å². The van der Waals surface area contributed by atoms with E-state index in [1.54, 1.807) is 20.9 Å². The number of hydrogen-bond acceptors (Lipinski definition) is 5. The maximum Gasteiger partial charge on any atom is 0.320 e. The van der Waals surface area contributed by atoms with Crippen LogP contribution in [0, 0.1) is 0 Å². The molecule has 0 aromatic carbocycles. The summed E-state index contributed by atoms with van der Waals surface area (Å²) in [6.07, 6.45) is 0. The lowest BCUT2D eigenvalue weighted by atomic mass is 10.3. The minimum absolute atomic E-state index is 0.0266. The van der Waals surface area contributed by atoms with Crippen LogP contribution in [0.1, 0.15) is 13.8 Å². The number of carbonyl (C=O) groups is 3. The van der Waals surface area contributed by atoms with E-state index >= 15 is 0 Å². The van der Waals surface area contributed by atoms with Crippen molar-refractivity contribution in [2.24, 2.45) is 5.73 Å². The summed E-state index contributed by atoms with van der Waals surface area (Å²) in [7, 11) is 1.57. The third-order valence-corrected chi connectivity index (χ3v) is 1.97. The molecule has 0 saturated carbocycles. The van der Waals surface area contributed by atoms with Gasteiger partial charge in [0.05, 0.1) is 19.2 Å². The van der Waals surface area contributed by atoms with Gasteiger partial charge in [0.2, 0.25) is 5.91 Å². The zero-order valence-corrected chi connectivity index (χ0v) is 9.65. The Morgan fingerprint density at radius 2 is 2.00 bits per heavy atom. The summed E-state index contributed by atoms with van der Waals surface area (Å²) < 4.78 is 4.72. The van der Waals surface area contributed by atoms with Gasteiger partial charge in [0.25, 0.3) is 0 Å². The van der Waals surface area contributed by atoms with Crippen molar-refractivity contribution in [3.05, 3.63) is 0 Å². The summed E-state index contributed by atoms with van der Waals surface area (Å²) in [6.45, 7) is 3.51. The molecule has 0 fully saturated rings. The van der Waals surface area contributed by atoms with Crippen LogP contribution in [0.4, 0.5) is 4.79 Å². The van der Waals surface area contributed by atoms with E-state index < -0.39 is 23.9 Å². The van der Waals surface area contributed by atoms with Crippen LogP contribution in [0.25, 0.3) is 0 Å². The number of esters is 1. The largest absolute Gasteiger partial charge is 0.465 e. The number of nitrogens with zero attached hydrogens (tertiary/aromatic N) is 1. The predicted octanol–water partition coefficient (Wildman–Crippen LogP) is -0.935. The summed E-state index contributed by atoms with van der Waals surface area (Å²) in [6, 6.07) is -1.56. The third kappa shape index (κ3) is 5.30. The molecule has 92 valence electrons. The number of urea groups is 1. The molecule has 0 spiro atoms. The summed E-state index contributed by atoms with van der Waals surface area (Å²) in [4.78, 5) is 34.3. The Labute approximate surface area is 93.9 Å². The second kappa shape index (κ2) is 6.78. The molecule has 1 unspecified atom stereocenters. The first kappa shape index (κ1) is 14.4. The number of rotatable bonds is 5. The number of amides is 3. The van der Waals surface area contributed by atoms with Crippen LogP contribution in [0.5, 0.6) is 0 Å². The summed E-state index contributed by atoms with van der Waals surface area (Å²) >= 11 is 0. The first-order valence-electron chi connectivity index (χ1n) is 4.84. The molecule has 0 aromatic rings. The molecule has 16 heavy (non-hydrogen) atoms. The van der Waals surface area contributed by atoms with E-state index in [2.05, 4.69) is 0 Å². The molecule has 3 N–H and O–H groups in total. The van der Waals surface area contributed by atoms with E-state index in [0.717, 1.165) is 0 Å². The van der Waals surface area contributed by atoms with E-state index in [-0.39, 0.29) is 13.2 Å². The highest BCUT2D eigenvalue weighted by atomic mass is 16.5. The molecular weight excluding hydrogens is 214 g/mol. The highest BCUT2D eigenvalue weighted by molar-refractivity contribution is 5.96. The molecule has 7 nitrogen and oxygen atoms in total. The summed E-state index contributed by atoms with van der Waals surface area (Å²) in [5.74, 6) is -0.983. The van der Waals surface area contributed by atoms with Crippen molar-refractivity contribution in [1.82, 2.24) is 10.2 Å². The van der Waals surface area contributed by atoms with Gasteiger partial charge in [-0.15, -0.1) is 0 Å². The number of nitrogens with one attached hydrogen (secondary N) is 1. The van der Waals surface area contributed by atoms with Gasteiger partial charge in [0.1, 0.15) is 0 Å². The molecule has 1 atom stereocenters. The molecule has 0 heterocycles. The van der Waals surface area contributed by atoms with E-state index in [4.69, 9.17) is 10.5 Å². The minimum atomic E-state index is -0.915. The van der Waals surface area contributed by atoms with Crippen LogP contribution in [0.3, 0.4) is 0 Å². The average Bonchev–Trinajstić information content (AvgIpc) is 2.15. The number of nitrogens with two attached hydrogens (primary N) is 1. The zero-order chi connectivity index (χ0) is 12.7. The van der Waals surface area contributed by atoms with Gasteiger partial charge in [-0.2, -0.15) is 0 Å². The normalized spacial score (nSPS) is 12.0. The molecule has 7 heteroatoms. The van der Waals surface area contributed by atoms with Crippen LogP contribution >= 0.6 is 0 Å².